The van der Waals surface area contributed by atoms with E-state index in [1.165, 1.54) is 5.39 Å². The molecule has 4 rings (SSSR count). The molecule has 2 aromatic carbocycles. The van der Waals surface area contributed by atoms with E-state index in [0.29, 0.717) is 11.7 Å². The van der Waals surface area contributed by atoms with Crippen LogP contribution in [0.3, 0.4) is 0 Å². The number of rotatable bonds is 0. The van der Waals surface area contributed by atoms with E-state index >= 15 is 0 Å². The third-order valence-electron chi connectivity index (χ3n) is 3.38. The molecule has 0 unspecified atom stereocenters. The van der Waals surface area contributed by atoms with Gasteiger partial charge in [-0.05, 0) is 17.5 Å². The van der Waals surface area contributed by atoms with Crippen LogP contribution in [-0.4, -0.2) is 0 Å². The molecule has 0 fully saturated rings. The molecule has 1 aliphatic heterocycles. The predicted octanol–water partition coefficient (Wildman–Crippen LogP) is 4.23. The van der Waals surface area contributed by atoms with Crippen LogP contribution in [0.2, 0.25) is 0 Å². The molecule has 2 heterocycles. The molecule has 0 atom stereocenters. The summed E-state index contributed by atoms with van der Waals surface area (Å²) in [6, 6.07) is 12.5. The summed E-state index contributed by atoms with van der Waals surface area (Å²) in [6.07, 6.45) is 1.93. The molecule has 0 bridgehead atoms. The van der Waals surface area contributed by atoms with Crippen LogP contribution in [0, 0.1) is 0 Å². The maximum absolute atomic E-state index is 6.03. The van der Waals surface area contributed by atoms with Gasteiger partial charge in [0.25, 0.3) is 0 Å². The zero-order valence-electron chi connectivity index (χ0n) is 9.53. The topological polar surface area (TPSA) is 25.2 Å². The van der Waals surface area contributed by atoms with Gasteiger partial charge in [0, 0.05) is 16.3 Å². The Morgan fingerprint density at radius 1 is 1.06 bits per heavy atom. The molecule has 88 valence electrons. The zero-order valence-corrected chi connectivity index (χ0v) is 10.3. The summed E-state index contributed by atoms with van der Waals surface area (Å²) in [5.41, 5.74) is 2.04. The Balaban J connectivity index is 2.17. The second-order valence-corrected chi connectivity index (χ2v) is 4.86. The fraction of sp³-hybridized carbons (Fsp3) is 0.0667. The molecule has 0 saturated carbocycles. The van der Waals surface area contributed by atoms with Crippen LogP contribution in [0.25, 0.3) is 27.8 Å². The molecule has 1 aromatic heterocycles. The molecule has 18 heavy (non-hydrogen) atoms. The van der Waals surface area contributed by atoms with E-state index in [1.807, 2.05) is 18.2 Å². The summed E-state index contributed by atoms with van der Waals surface area (Å²) in [5, 5.41) is 7.21. The number of hydrogen-bond acceptors (Lipinski definition) is 2. The Labute approximate surface area is 109 Å². The second kappa shape index (κ2) is 3.53. The fourth-order valence-electron chi connectivity index (χ4n) is 2.53. The monoisotopic (exact) mass is 255 g/mol. The van der Waals surface area contributed by atoms with Gasteiger partial charge < -0.3 is 9.73 Å². The first-order valence-electron chi connectivity index (χ1n) is 5.87. The molecule has 1 aliphatic rings. The van der Waals surface area contributed by atoms with Crippen molar-refractivity contribution >= 4 is 39.4 Å². The molecule has 2 nitrogen and oxygen atoms in total. The third-order valence-corrected chi connectivity index (χ3v) is 3.63. The first-order valence-corrected chi connectivity index (χ1v) is 6.25. The molecule has 0 aliphatic carbocycles. The molecule has 0 radical (unpaired) electrons. The first kappa shape index (κ1) is 10.0. The zero-order chi connectivity index (χ0) is 12.1. The molecular weight excluding hydrogens is 246 g/mol. The lowest BCUT2D eigenvalue weighted by Crippen LogP contribution is -2.12. The molecule has 0 saturated heterocycles. The first-order chi connectivity index (χ1) is 8.83. The predicted molar refractivity (Wildman–Crippen MR) is 74.4 cm³/mol. The van der Waals surface area contributed by atoms with Gasteiger partial charge in [0.2, 0.25) is 0 Å². The molecule has 1 N–H and O–H groups in total. The van der Waals surface area contributed by atoms with Gasteiger partial charge in [0.15, 0.2) is 0 Å². The summed E-state index contributed by atoms with van der Waals surface area (Å²) in [5.74, 6) is 0.950. The maximum atomic E-state index is 6.03. The quantitative estimate of drug-likeness (QED) is 0.608. The Kier molecular flexibility index (Phi) is 1.97. The van der Waals surface area contributed by atoms with Crippen molar-refractivity contribution in [2.75, 3.05) is 0 Å². The van der Waals surface area contributed by atoms with Crippen molar-refractivity contribution in [3.05, 3.63) is 52.9 Å². The van der Waals surface area contributed by atoms with Crippen LogP contribution in [0.1, 0.15) is 11.3 Å². The van der Waals surface area contributed by atoms with E-state index in [2.05, 4.69) is 29.6 Å². The smallest absolute Gasteiger partial charge is 0.142 e. The summed E-state index contributed by atoms with van der Waals surface area (Å²) < 4.78 is 5.99. The van der Waals surface area contributed by atoms with Crippen LogP contribution in [0.4, 0.5) is 0 Å². The van der Waals surface area contributed by atoms with Gasteiger partial charge in [-0.1, -0.05) is 41.9 Å². The maximum Gasteiger partial charge on any atom is 0.142 e. The highest BCUT2D eigenvalue weighted by molar-refractivity contribution is 6.31. The number of hydrogen-bond donors (Lipinski definition) is 1. The number of furan rings is 1. The van der Waals surface area contributed by atoms with Gasteiger partial charge >= 0.3 is 0 Å². The van der Waals surface area contributed by atoms with Crippen LogP contribution in [-0.2, 0) is 6.54 Å². The van der Waals surface area contributed by atoms with Crippen molar-refractivity contribution in [3.8, 4) is 0 Å². The van der Waals surface area contributed by atoms with E-state index in [-0.39, 0.29) is 0 Å². The van der Waals surface area contributed by atoms with Gasteiger partial charge in [-0.15, -0.1) is 0 Å². The second-order valence-electron chi connectivity index (χ2n) is 4.45. The van der Waals surface area contributed by atoms with Crippen molar-refractivity contribution in [2.24, 2.45) is 0 Å². The van der Waals surface area contributed by atoms with Gasteiger partial charge in [-0.2, -0.15) is 0 Å². The van der Waals surface area contributed by atoms with Crippen molar-refractivity contribution < 1.29 is 4.42 Å². The van der Waals surface area contributed by atoms with Crippen LogP contribution < -0.4 is 5.32 Å². The van der Waals surface area contributed by atoms with E-state index in [1.54, 1.807) is 0 Å². The lowest BCUT2D eigenvalue weighted by molar-refractivity contribution is 0.533. The van der Waals surface area contributed by atoms with Crippen molar-refractivity contribution in [3.63, 3.8) is 0 Å². The van der Waals surface area contributed by atoms with E-state index in [9.17, 15) is 0 Å². The number of nitrogens with one attached hydrogen (secondary N) is 1. The normalized spacial score (nSPS) is 14.4. The summed E-state index contributed by atoms with van der Waals surface area (Å²) in [7, 11) is 0. The van der Waals surface area contributed by atoms with Crippen LogP contribution in [0.15, 0.2) is 46.0 Å². The van der Waals surface area contributed by atoms with Crippen LogP contribution in [0.5, 0.6) is 0 Å². The molecule has 0 amide bonds. The third kappa shape index (κ3) is 1.30. The highest BCUT2D eigenvalue weighted by atomic mass is 35.5. The highest BCUT2D eigenvalue weighted by Gasteiger charge is 2.17. The summed E-state index contributed by atoms with van der Waals surface area (Å²) >= 11 is 6.03. The van der Waals surface area contributed by atoms with E-state index in [0.717, 1.165) is 27.7 Å². The Morgan fingerprint density at radius 2 is 1.94 bits per heavy atom. The van der Waals surface area contributed by atoms with Crippen molar-refractivity contribution in [2.45, 2.75) is 6.54 Å². The number of benzene rings is 2. The molecular formula is C15H10ClNO. The Morgan fingerprint density at radius 3 is 2.89 bits per heavy atom. The lowest BCUT2D eigenvalue weighted by Gasteiger charge is -2.08. The van der Waals surface area contributed by atoms with Gasteiger partial charge in [-0.25, -0.2) is 0 Å². The SMILES string of the molecule is ClC1=Cc2c(oc3c2ccc2ccccc23)CN1. The Bertz CT molecular complexity index is 801. The molecule has 0 spiro atoms. The van der Waals surface area contributed by atoms with Crippen LogP contribution >= 0.6 is 11.6 Å². The lowest BCUT2D eigenvalue weighted by atomic mass is 10.0. The van der Waals surface area contributed by atoms with Gasteiger partial charge in [-0.3, -0.25) is 0 Å². The summed E-state index contributed by atoms with van der Waals surface area (Å²) in [4.78, 5) is 0. The average molecular weight is 256 g/mol. The van der Waals surface area contributed by atoms with Crippen molar-refractivity contribution in [1.82, 2.24) is 5.32 Å². The number of halogens is 1. The van der Waals surface area contributed by atoms with Gasteiger partial charge in [0.05, 0.1) is 6.54 Å². The minimum atomic E-state index is 0.647. The molecule has 3 heteroatoms. The minimum absolute atomic E-state index is 0.647. The minimum Gasteiger partial charge on any atom is -0.458 e. The van der Waals surface area contributed by atoms with E-state index < -0.39 is 0 Å². The van der Waals surface area contributed by atoms with E-state index in [4.69, 9.17) is 16.0 Å². The Hall–Kier alpha value is -1.93. The summed E-state index contributed by atoms with van der Waals surface area (Å²) in [6.45, 7) is 0.647. The number of fused-ring (bicyclic) bond motifs is 5. The average Bonchev–Trinajstić information content (AvgIpc) is 2.77. The van der Waals surface area contributed by atoms with Gasteiger partial charge in [0.1, 0.15) is 16.5 Å². The standard InChI is InChI=1S/C15H10ClNO/c16-14-7-12-11-6-5-9-3-1-2-4-10(9)15(11)18-13(12)8-17-14/h1-7,17H,8H2. The largest absolute Gasteiger partial charge is 0.458 e. The van der Waals surface area contributed by atoms with Crippen molar-refractivity contribution in [1.29, 1.82) is 0 Å². The highest BCUT2D eigenvalue weighted by Crippen LogP contribution is 2.35. The fourth-order valence-corrected chi connectivity index (χ4v) is 2.70. The molecule has 3 aromatic rings.